The molecule has 1 heterocycles. The van der Waals surface area contributed by atoms with Gasteiger partial charge in [-0.05, 0) is 6.92 Å². The van der Waals surface area contributed by atoms with Crippen LogP contribution in [0.3, 0.4) is 0 Å². The van der Waals surface area contributed by atoms with E-state index in [1.54, 1.807) is 6.92 Å². The zero-order valence-corrected chi connectivity index (χ0v) is 8.30. The van der Waals surface area contributed by atoms with E-state index < -0.39 is 30.1 Å². The van der Waals surface area contributed by atoms with Gasteiger partial charge in [0.2, 0.25) is 0 Å². The highest BCUT2D eigenvalue weighted by atomic mass is 16.9. The molecule has 0 aliphatic carbocycles. The lowest BCUT2D eigenvalue weighted by Crippen LogP contribution is -2.36. The van der Waals surface area contributed by atoms with Crippen LogP contribution in [0.15, 0.2) is 0 Å². The lowest BCUT2D eigenvalue weighted by atomic mass is 10.2. The quantitative estimate of drug-likeness (QED) is 0.667. The summed E-state index contributed by atoms with van der Waals surface area (Å²) >= 11 is 0. The first-order valence-corrected chi connectivity index (χ1v) is 4.35. The molecule has 15 heavy (non-hydrogen) atoms. The van der Waals surface area contributed by atoms with Gasteiger partial charge in [-0.2, -0.15) is 0 Å². The van der Waals surface area contributed by atoms with Crippen LogP contribution >= 0.6 is 0 Å². The average Bonchev–Trinajstić information content (AvgIpc) is 2.44. The van der Waals surface area contributed by atoms with Crippen molar-refractivity contribution in [1.82, 2.24) is 0 Å². The van der Waals surface area contributed by atoms with E-state index in [0.717, 1.165) is 0 Å². The molecule has 2 N–H and O–H groups in total. The Morgan fingerprint density at radius 3 is 1.93 bits per heavy atom. The molecule has 0 amide bonds. The SMILES string of the molecule is CCOC1(C)O[C@@H](C(=O)O)[C@H](C(=O)O)O1. The van der Waals surface area contributed by atoms with Gasteiger partial charge < -0.3 is 24.4 Å². The lowest BCUT2D eigenvalue weighted by Gasteiger charge is -2.21. The van der Waals surface area contributed by atoms with Crippen LogP contribution in [0.4, 0.5) is 0 Å². The van der Waals surface area contributed by atoms with Crippen molar-refractivity contribution in [3.05, 3.63) is 0 Å². The largest absolute Gasteiger partial charge is 0.479 e. The lowest BCUT2D eigenvalue weighted by molar-refractivity contribution is -0.326. The van der Waals surface area contributed by atoms with Crippen LogP contribution in [0.25, 0.3) is 0 Å². The number of hydrogen-bond donors (Lipinski definition) is 2. The highest BCUT2D eigenvalue weighted by Crippen LogP contribution is 2.30. The highest BCUT2D eigenvalue weighted by molar-refractivity contribution is 5.84. The Kier molecular flexibility index (Phi) is 3.28. The first-order chi connectivity index (χ1) is 6.89. The highest BCUT2D eigenvalue weighted by Gasteiger charge is 2.52. The van der Waals surface area contributed by atoms with Gasteiger partial charge in [0.05, 0.1) is 0 Å². The van der Waals surface area contributed by atoms with E-state index in [2.05, 4.69) is 0 Å². The molecule has 1 fully saturated rings. The average molecular weight is 220 g/mol. The van der Waals surface area contributed by atoms with Gasteiger partial charge >= 0.3 is 11.9 Å². The van der Waals surface area contributed by atoms with Gasteiger partial charge in [-0.1, -0.05) is 0 Å². The molecule has 1 aliphatic rings. The Bertz CT molecular complexity index is 252. The second kappa shape index (κ2) is 4.13. The van der Waals surface area contributed by atoms with E-state index in [1.165, 1.54) is 6.92 Å². The number of ether oxygens (including phenoxy) is 3. The fraction of sp³-hybridized carbons (Fsp3) is 0.750. The van der Waals surface area contributed by atoms with Crippen LogP contribution < -0.4 is 0 Å². The third-order valence-electron chi connectivity index (χ3n) is 1.85. The monoisotopic (exact) mass is 220 g/mol. The normalized spacial score (nSPS) is 28.9. The molecule has 1 aliphatic heterocycles. The standard InChI is InChI=1S/C8H12O7/c1-3-13-8(2)14-4(6(9)10)5(15-8)7(11)12/h4-5H,3H2,1-2H3,(H,9,10)(H,11,12)/t4-,5-/m1/s1. The zero-order valence-electron chi connectivity index (χ0n) is 8.30. The number of carbonyl (C=O) groups is 2. The van der Waals surface area contributed by atoms with Crippen LogP contribution in [0.1, 0.15) is 13.8 Å². The first kappa shape index (κ1) is 11.9. The van der Waals surface area contributed by atoms with Crippen LogP contribution in [-0.2, 0) is 23.8 Å². The molecule has 86 valence electrons. The van der Waals surface area contributed by atoms with Gasteiger partial charge in [-0.25, -0.2) is 9.59 Å². The molecule has 7 heteroatoms. The third kappa shape index (κ3) is 2.44. The Labute approximate surface area is 85.5 Å². The van der Waals surface area contributed by atoms with E-state index in [1.807, 2.05) is 0 Å². The van der Waals surface area contributed by atoms with Gasteiger partial charge in [0.25, 0.3) is 5.97 Å². The Balaban J connectivity index is 2.81. The second-order valence-electron chi connectivity index (χ2n) is 3.05. The summed E-state index contributed by atoms with van der Waals surface area (Å²) in [5.74, 6) is -4.41. The molecular weight excluding hydrogens is 208 g/mol. The molecule has 1 rings (SSSR count). The molecular formula is C8H12O7. The van der Waals surface area contributed by atoms with Crippen molar-refractivity contribution in [2.24, 2.45) is 0 Å². The predicted molar refractivity (Wildman–Crippen MR) is 45.0 cm³/mol. The molecule has 0 spiro atoms. The van der Waals surface area contributed by atoms with Gasteiger partial charge in [0, 0.05) is 13.5 Å². The fourth-order valence-corrected chi connectivity index (χ4v) is 1.30. The summed E-state index contributed by atoms with van der Waals surface area (Å²) in [5.41, 5.74) is 0. The summed E-state index contributed by atoms with van der Waals surface area (Å²) in [7, 11) is 0. The smallest absolute Gasteiger partial charge is 0.336 e. The van der Waals surface area contributed by atoms with E-state index in [-0.39, 0.29) is 6.61 Å². The van der Waals surface area contributed by atoms with E-state index >= 15 is 0 Å². The minimum absolute atomic E-state index is 0.217. The van der Waals surface area contributed by atoms with Crippen LogP contribution in [0.5, 0.6) is 0 Å². The van der Waals surface area contributed by atoms with Crippen molar-refractivity contribution in [2.45, 2.75) is 32.0 Å². The maximum atomic E-state index is 10.7. The molecule has 0 saturated carbocycles. The molecule has 7 nitrogen and oxygen atoms in total. The molecule has 0 radical (unpaired) electrons. The predicted octanol–water partition coefficient (Wildman–Crippen LogP) is -0.350. The number of carboxylic acid groups (broad SMARTS) is 2. The molecule has 0 aromatic carbocycles. The van der Waals surface area contributed by atoms with Crippen molar-refractivity contribution in [3.63, 3.8) is 0 Å². The maximum absolute atomic E-state index is 10.7. The fourth-order valence-electron chi connectivity index (χ4n) is 1.30. The maximum Gasteiger partial charge on any atom is 0.336 e. The summed E-state index contributed by atoms with van der Waals surface area (Å²) in [6.45, 7) is 3.20. The van der Waals surface area contributed by atoms with Crippen LogP contribution in [0.2, 0.25) is 0 Å². The first-order valence-electron chi connectivity index (χ1n) is 4.35. The summed E-state index contributed by atoms with van der Waals surface area (Å²) < 4.78 is 14.8. The summed E-state index contributed by atoms with van der Waals surface area (Å²) in [6, 6.07) is 0. The van der Waals surface area contributed by atoms with Crippen molar-refractivity contribution >= 4 is 11.9 Å². The van der Waals surface area contributed by atoms with Crippen molar-refractivity contribution < 1.29 is 34.0 Å². The minimum Gasteiger partial charge on any atom is -0.479 e. The van der Waals surface area contributed by atoms with Gasteiger partial charge in [0.1, 0.15) is 0 Å². The third-order valence-corrected chi connectivity index (χ3v) is 1.85. The van der Waals surface area contributed by atoms with Crippen LogP contribution in [0, 0.1) is 0 Å². The van der Waals surface area contributed by atoms with Crippen molar-refractivity contribution in [1.29, 1.82) is 0 Å². The van der Waals surface area contributed by atoms with Gasteiger partial charge in [-0.3, -0.25) is 0 Å². The molecule has 0 aromatic heterocycles. The zero-order chi connectivity index (χ0) is 11.6. The van der Waals surface area contributed by atoms with Crippen molar-refractivity contribution in [2.75, 3.05) is 6.61 Å². The summed E-state index contributed by atoms with van der Waals surface area (Å²) in [4.78, 5) is 21.4. The Morgan fingerprint density at radius 1 is 1.27 bits per heavy atom. The number of aliphatic carboxylic acids is 2. The van der Waals surface area contributed by atoms with E-state index in [4.69, 9.17) is 24.4 Å². The van der Waals surface area contributed by atoms with Crippen LogP contribution in [-0.4, -0.2) is 46.9 Å². The Hall–Kier alpha value is -1.18. The van der Waals surface area contributed by atoms with E-state index in [0.29, 0.717) is 0 Å². The molecule has 2 atom stereocenters. The van der Waals surface area contributed by atoms with E-state index in [9.17, 15) is 9.59 Å². The van der Waals surface area contributed by atoms with Gasteiger partial charge in [0.15, 0.2) is 12.2 Å². The summed E-state index contributed by atoms with van der Waals surface area (Å²) in [6.07, 6.45) is -3.11. The number of carboxylic acids is 2. The number of hydrogen-bond acceptors (Lipinski definition) is 5. The molecule has 1 saturated heterocycles. The van der Waals surface area contributed by atoms with Gasteiger partial charge in [-0.15, -0.1) is 0 Å². The Morgan fingerprint density at radius 2 is 1.67 bits per heavy atom. The number of rotatable bonds is 4. The molecule has 0 bridgehead atoms. The summed E-state index contributed by atoms with van der Waals surface area (Å²) in [5, 5.41) is 17.4. The molecule has 0 unspecified atom stereocenters. The minimum atomic E-state index is -1.61. The van der Waals surface area contributed by atoms with Crippen molar-refractivity contribution in [3.8, 4) is 0 Å². The second-order valence-corrected chi connectivity index (χ2v) is 3.05. The topological polar surface area (TPSA) is 102 Å². The molecule has 0 aromatic rings.